The summed E-state index contributed by atoms with van der Waals surface area (Å²) in [5.41, 5.74) is 0.476. The van der Waals surface area contributed by atoms with Crippen molar-refractivity contribution < 1.29 is 18.3 Å². The Hall–Kier alpha value is -2.25. The van der Waals surface area contributed by atoms with Crippen LogP contribution >= 0.6 is 0 Å². The molecule has 0 radical (unpaired) electrons. The number of hydrogen-bond donors (Lipinski definition) is 0. The standard InChI is InChI=1S/C18H20FNO4Si/c1-25(2,3)7-6-23-11-20-13(10-21)9-15-17(20)14-8-12(19)4-5-16(14)24-18(15)22/h4-5,8-10H,6-7,11H2,1-3H3. The Morgan fingerprint density at radius 3 is 2.68 bits per heavy atom. The Morgan fingerprint density at radius 2 is 2.00 bits per heavy atom. The molecule has 0 fully saturated rings. The summed E-state index contributed by atoms with van der Waals surface area (Å²) >= 11 is 0. The van der Waals surface area contributed by atoms with Gasteiger partial charge in [0.15, 0.2) is 6.29 Å². The highest BCUT2D eigenvalue weighted by molar-refractivity contribution is 6.76. The molecule has 3 rings (SSSR count). The van der Waals surface area contributed by atoms with Crippen molar-refractivity contribution in [3.63, 3.8) is 0 Å². The highest BCUT2D eigenvalue weighted by Gasteiger charge is 2.17. The number of benzene rings is 1. The normalized spacial score (nSPS) is 12.2. The highest BCUT2D eigenvalue weighted by atomic mass is 28.3. The van der Waals surface area contributed by atoms with Crippen LogP contribution in [0.15, 0.2) is 33.5 Å². The first-order chi connectivity index (χ1) is 11.8. The number of carbonyl (C=O) groups excluding carboxylic acids is 1. The maximum absolute atomic E-state index is 13.7. The molecule has 1 aromatic carbocycles. The number of hydrogen-bond acceptors (Lipinski definition) is 4. The van der Waals surface area contributed by atoms with Gasteiger partial charge in [0.2, 0.25) is 0 Å². The van der Waals surface area contributed by atoms with E-state index in [1.807, 2.05) is 0 Å². The molecule has 0 spiro atoms. The quantitative estimate of drug-likeness (QED) is 0.288. The van der Waals surface area contributed by atoms with E-state index >= 15 is 0 Å². The summed E-state index contributed by atoms with van der Waals surface area (Å²) in [6.45, 7) is 7.44. The number of ether oxygens (including phenoxy) is 1. The van der Waals surface area contributed by atoms with Crippen LogP contribution in [0.2, 0.25) is 25.7 Å². The first-order valence-corrected chi connectivity index (χ1v) is 11.8. The van der Waals surface area contributed by atoms with Gasteiger partial charge in [0, 0.05) is 20.1 Å². The fourth-order valence-electron chi connectivity index (χ4n) is 2.72. The molecule has 2 heterocycles. The van der Waals surface area contributed by atoms with Gasteiger partial charge in [-0.3, -0.25) is 4.79 Å². The number of aromatic nitrogens is 1. The SMILES string of the molecule is C[Si](C)(C)CCOCn1c(C=O)cc2c(=O)oc3ccc(F)cc3c21. The van der Waals surface area contributed by atoms with E-state index in [1.165, 1.54) is 24.3 Å². The van der Waals surface area contributed by atoms with Gasteiger partial charge in [-0.2, -0.15) is 0 Å². The molecule has 0 saturated heterocycles. The maximum Gasteiger partial charge on any atom is 0.345 e. The van der Waals surface area contributed by atoms with Crippen molar-refractivity contribution in [2.75, 3.05) is 6.61 Å². The van der Waals surface area contributed by atoms with Gasteiger partial charge in [0.05, 0.1) is 16.6 Å². The molecule has 25 heavy (non-hydrogen) atoms. The van der Waals surface area contributed by atoms with Crippen molar-refractivity contribution in [3.8, 4) is 0 Å². The lowest BCUT2D eigenvalue weighted by molar-refractivity contribution is 0.0864. The molecule has 132 valence electrons. The predicted octanol–water partition coefficient (Wildman–Crippen LogP) is 4.01. The summed E-state index contributed by atoms with van der Waals surface area (Å²) in [5, 5.41) is 0.686. The molecule has 5 nitrogen and oxygen atoms in total. The molecule has 0 unspecified atom stereocenters. The number of halogens is 1. The van der Waals surface area contributed by atoms with Crippen LogP contribution < -0.4 is 5.63 Å². The fraction of sp³-hybridized carbons (Fsp3) is 0.333. The largest absolute Gasteiger partial charge is 0.422 e. The van der Waals surface area contributed by atoms with Crippen LogP contribution in [0.5, 0.6) is 0 Å². The average molecular weight is 361 g/mol. The Labute approximate surface area is 145 Å². The van der Waals surface area contributed by atoms with Crippen LogP contribution in [0.3, 0.4) is 0 Å². The smallest absolute Gasteiger partial charge is 0.345 e. The first kappa shape index (κ1) is 17.6. The van der Waals surface area contributed by atoms with Crippen molar-refractivity contribution >= 4 is 36.2 Å². The number of aldehydes is 1. The molecule has 0 aliphatic rings. The molecule has 7 heteroatoms. The second kappa shape index (κ2) is 6.57. The predicted molar refractivity (Wildman–Crippen MR) is 97.4 cm³/mol. The zero-order valence-corrected chi connectivity index (χ0v) is 15.5. The molecule has 0 saturated carbocycles. The van der Waals surface area contributed by atoms with Gasteiger partial charge in [-0.1, -0.05) is 19.6 Å². The zero-order chi connectivity index (χ0) is 18.2. The molecule has 0 N–H and O–H groups in total. The van der Waals surface area contributed by atoms with E-state index in [2.05, 4.69) is 19.6 Å². The van der Waals surface area contributed by atoms with Crippen LogP contribution in [0.1, 0.15) is 10.5 Å². The van der Waals surface area contributed by atoms with E-state index in [1.54, 1.807) is 4.57 Å². The lowest BCUT2D eigenvalue weighted by Crippen LogP contribution is -2.22. The Balaban J connectivity index is 2.09. The second-order valence-electron chi connectivity index (χ2n) is 7.26. The topological polar surface area (TPSA) is 61.4 Å². The van der Waals surface area contributed by atoms with E-state index in [0.29, 0.717) is 29.5 Å². The van der Waals surface area contributed by atoms with Crippen molar-refractivity contribution in [1.82, 2.24) is 4.57 Å². The van der Waals surface area contributed by atoms with Crippen LogP contribution in [-0.4, -0.2) is 25.5 Å². The molecule has 0 amide bonds. The van der Waals surface area contributed by atoms with Gasteiger partial charge in [0.1, 0.15) is 18.1 Å². The first-order valence-electron chi connectivity index (χ1n) is 8.09. The molecule has 0 atom stereocenters. The molecular formula is C18H20FNO4Si. The van der Waals surface area contributed by atoms with Crippen molar-refractivity contribution in [2.24, 2.45) is 0 Å². The average Bonchev–Trinajstić information content (AvgIpc) is 2.91. The maximum atomic E-state index is 13.7. The van der Waals surface area contributed by atoms with Gasteiger partial charge in [-0.25, -0.2) is 9.18 Å². The monoisotopic (exact) mass is 361 g/mol. The minimum Gasteiger partial charge on any atom is -0.422 e. The Bertz CT molecular complexity index is 1000. The minimum absolute atomic E-state index is 0.122. The highest BCUT2D eigenvalue weighted by Crippen LogP contribution is 2.26. The van der Waals surface area contributed by atoms with Crippen LogP contribution in [-0.2, 0) is 11.5 Å². The van der Waals surface area contributed by atoms with Gasteiger partial charge < -0.3 is 13.7 Å². The Morgan fingerprint density at radius 1 is 1.24 bits per heavy atom. The summed E-state index contributed by atoms with van der Waals surface area (Å²) < 4.78 is 26.3. The number of nitrogens with zero attached hydrogens (tertiary/aromatic N) is 1. The lowest BCUT2D eigenvalue weighted by Gasteiger charge is -2.16. The summed E-state index contributed by atoms with van der Waals surface area (Å²) in [7, 11) is -1.23. The second-order valence-corrected chi connectivity index (χ2v) is 12.9. The van der Waals surface area contributed by atoms with E-state index in [-0.39, 0.29) is 17.7 Å². The summed E-state index contributed by atoms with van der Waals surface area (Å²) in [6, 6.07) is 6.39. The Kier molecular flexibility index (Phi) is 4.62. The number of fused-ring (bicyclic) bond motifs is 3. The van der Waals surface area contributed by atoms with E-state index < -0.39 is 19.5 Å². The fourth-order valence-corrected chi connectivity index (χ4v) is 3.47. The summed E-state index contributed by atoms with van der Waals surface area (Å²) in [5.74, 6) is -0.442. The number of rotatable bonds is 6. The van der Waals surface area contributed by atoms with E-state index in [4.69, 9.17) is 9.15 Å². The van der Waals surface area contributed by atoms with Crippen LogP contribution in [0.25, 0.3) is 21.9 Å². The minimum atomic E-state index is -1.23. The van der Waals surface area contributed by atoms with Gasteiger partial charge in [-0.05, 0) is 30.3 Å². The molecule has 0 aliphatic carbocycles. The molecule has 3 aromatic rings. The molecule has 2 aromatic heterocycles. The van der Waals surface area contributed by atoms with Gasteiger partial charge in [-0.15, -0.1) is 0 Å². The lowest BCUT2D eigenvalue weighted by atomic mass is 10.2. The van der Waals surface area contributed by atoms with Crippen LogP contribution in [0, 0.1) is 5.82 Å². The van der Waals surface area contributed by atoms with Gasteiger partial charge in [0.25, 0.3) is 0 Å². The third-order valence-electron chi connectivity index (χ3n) is 4.09. The molecular weight excluding hydrogens is 341 g/mol. The van der Waals surface area contributed by atoms with E-state index in [9.17, 15) is 14.0 Å². The van der Waals surface area contributed by atoms with Crippen LogP contribution in [0.4, 0.5) is 4.39 Å². The van der Waals surface area contributed by atoms with Crippen molar-refractivity contribution in [2.45, 2.75) is 32.4 Å². The van der Waals surface area contributed by atoms with Crippen molar-refractivity contribution in [1.29, 1.82) is 0 Å². The number of carbonyl (C=O) groups is 1. The van der Waals surface area contributed by atoms with E-state index in [0.717, 1.165) is 6.04 Å². The summed E-state index contributed by atoms with van der Waals surface area (Å²) in [4.78, 5) is 23.6. The third-order valence-corrected chi connectivity index (χ3v) is 5.79. The summed E-state index contributed by atoms with van der Waals surface area (Å²) in [6.07, 6.45) is 0.659. The van der Waals surface area contributed by atoms with Crippen molar-refractivity contribution in [3.05, 3.63) is 46.2 Å². The molecule has 0 aliphatic heterocycles. The van der Waals surface area contributed by atoms with Gasteiger partial charge >= 0.3 is 5.63 Å². The zero-order valence-electron chi connectivity index (χ0n) is 14.5. The molecule has 0 bridgehead atoms. The third kappa shape index (κ3) is 3.57.